The standard InChI is InChI=1S/C14H14N2O2S2/c1-20(17,18)16-11-7-3-2-6-10(11)14-15-12-8-4-5-9-13(12)19-14/h2-9,16-18H,1H3. The minimum absolute atomic E-state index is 0.675. The van der Waals surface area contributed by atoms with Crippen molar-refractivity contribution in [1.82, 2.24) is 4.98 Å². The average Bonchev–Trinajstić information content (AvgIpc) is 2.81. The number of thiazole rings is 1. The molecule has 0 amide bonds. The molecule has 0 aliphatic carbocycles. The minimum atomic E-state index is -2.81. The van der Waals surface area contributed by atoms with E-state index in [0.717, 1.165) is 20.8 Å². The van der Waals surface area contributed by atoms with Gasteiger partial charge in [-0.25, -0.2) is 4.98 Å². The molecule has 0 aliphatic heterocycles. The highest BCUT2D eigenvalue weighted by molar-refractivity contribution is 8.24. The van der Waals surface area contributed by atoms with Gasteiger partial charge in [-0.15, -0.1) is 22.1 Å². The van der Waals surface area contributed by atoms with Crippen molar-refractivity contribution in [2.45, 2.75) is 0 Å². The first-order chi connectivity index (χ1) is 9.53. The topological polar surface area (TPSA) is 65.4 Å². The molecular formula is C14H14N2O2S2. The quantitative estimate of drug-likeness (QED) is 0.658. The maximum Gasteiger partial charge on any atom is 0.126 e. The molecule has 3 rings (SSSR count). The average molecular weight is 306 g/mol. The Bertz CT molecular complexity index is 717. The van der Waals surface area contributed by atoms with E-state index >= 15 is 0 Å². The van der Waals surface area contributed by atoms with Crippen LogP contribution < -0.4 is 4.72 Å². The van der Waals surface area contributed by atoms with Gasteiger partial charge in [0.25, 0.3) is 0 Å². The summed E-state index contributed by atoms with van der Waals surface area (Å²) in [6.45, 7) is 0. The fourth-order valence-electron chi connectivity index (χ4n) is 1.95. The molecule has 4 nitrogen and oxygen atoms in total. The first-order valence-corrected chi connectivity index (χ1v) is 8.76. The van der Waals surface area contributed by atoms with Gasteiger partial charge in [0.1, 0.15) is 5.01 Å². The first kappa shape index (κ1) is 13.4. The van der Waals surface area contributed by atoms with Crippen LogP contribution in [0.15, 0.2) is 48.5 Å². The van der Waals surface area contributed by atoms with Crippen molar-refractivity contribution in [3.8, 4) is 10.6 Å². The lowest BCUT2D eigenvalue weighted by Crippen LogP contribution is -2.07. The molecule has 0 radical (unpaired) electrons. The molecular weight excluding hydrogens is 292 g/mol. The molecule has 2 aromatic carbocycles. The molecule has 3 N–H and O–H groups in total. The van der Waals surface area contributed by atoms with E-state index in [0.29, 0.717) is 5.69 Å². The zero-order valence-electron chi connectivity index (χ0n) is 10.8. The van der Waals surface area contributed by atoms with Crippen LogP contribution in [0.4, 0.5) is 5.69 Å². The van der Waals surface area contributed by atoms with E-state index in [9.17, 15) is 9.11 Å². The number of fused-ring (bicyclic) bond motifs is 1. The molecule has 0 saturated carbocycles. The maximum absolute atomic E-state index is 9.59. The molecule has 0 unspecified atom stereocenters. The second kappa shape index (κ2) is 5.06. The zero-order valence-corrected chi connectivity index (χ0v) is 12.4. The molecule has 0 fully saturated rings. The van der Waals surface area contributed by atoms with Gasteiger partial charge in [-0.05, 0) is 24.3 Å². The molecule has 104 valence electrons. The van der Waals surface area contributed by atoms with Gasteiger partial charge in [-0.3, -0.25) is 13.8 Å². The smallest absolute Gasteiger partial charge is 0.126 e. The Morgan fingerprint density at radius 1 is 1.05 bits per heavy atom. The summed E-state index contributed by atoms with van der Waals surface area (Å²) in [7, 11) is -2.81. The van der Waals surface area contributed by atoms with Crippen molar-refractivity contribution in [3.63, 3.8) is 0 Å². The Balaban J connectivity index is 2.09. The lowest BCUT2D eigenvalue weighted by Gasteiger charge is -2.29. The van der Waals surface area contributed by atoms with Gasteiger partial charge in [-0.2, -0.15) is 0 Å². The number of nitrogens with zero attached hydrogens (tertiary/aromatic N) is 1. The monoisotopic (exact) mass is 306 g/mol. The van der Waals surface area contributed by atoms with E-state index in [2.05, 4.69) is 9.71 Å². The van der Waals surface area contributed by atoms with E-state index in [1.54, 1.807) is 11.3 Å². The zero-order chi connectivity index (χ0) is 14.2. The van der Waals surface area contributed by atoms with Gasteiger partial charge in [0.05, 0.1) is 15.9 Å². The summed E-state index contributed by atoms with van der Waals surface area (Å²) in [4.78, 5) is 4.60. The predicted molar refractivity (Wildman–Crippen MR) is 87.5 cm³/mol. The van der Waals surface area contributed by atoms with E-state index in [1.165, 1.54) is 6.26 Å². The summed E-state index contributed by atoms with van der Waals surface area (Å²) in [5.74, 6) is 0. The molecule has 0 saturated heterocycles. The van der Waals surface area contributed by atoms with E-state index in [-0.39, 0.29) is 0 Å². The van der Waals surface area contributed by atoms with Crippen molar-refractivity contribution in [1.29, 1.82) is 0 Å². The van der Waals surface area contributed by atoms with Gasteiger partial charge in [0, 0.05) is 11.8 Å². The van der Waals surface area contributed by atoms with Gasteiger partial charge in [0.2, 0.25) is 0 Å². The van der Waals surface area contributed by atoms with Crippen LogP contribution in [0, 0.1) is 0 Å². The van der Waals surface area contributed by atoms with E-state index in [1.807, 2.05) is 48.5 Å². The van der Waals surface area contributed by atoms with Crippen LogP contribution in [0.3, 0.4) is 0 Å². The lowest BCUT2D eigenvalue weighted by molar-refractivity contribution is 0.502. The van der Waals surface area contributed by atoms with Crippen LogP contribution in [0.1, 0.15) is 0 Å². The third-order valence-electron chi connectivity index (χ3n) is 2.75. The number of hydrogen-bond acceptors (Lipinski definition) is 5. The molecule has 0 atom stereocenters. The van der Waals surface area contributed by atoms with Gasteiger partial charge < -0.3 is 0 Å². The van der Waals surface area contributed by atoms with Gasteiger partial charge in [0.15, 0.2) is 0 Å². The second-order valence-corrected chi connectivity index (χ2v) is 7.37. The van der Waals surface area contributed by atoms with Crippen LogP contribution in [0.5, 0.6) is 0 Å². The number of aromatic nitrogens is 1. The van der Waals surface area contributed by atoms with Crippen LogP contribution in [0.25, 0.3) is 20.8 Å². The highest BCUT2D eigenvalue weighted by Gasteiger charge is 2.12. The number of nitrogens with one attached hydrogen (secondary N) is 1. The van der Waals surface area contributed by atoms with Crippen molar-refractivity contribution >= 4 is 38.0 Å². The number of para-hydroxylation sites is 2. The number of benzene rings is 2. The van der Waals surface area contributed by atoms with Crippen molar-refractivity contribution in [2.24, 2.45) is 0 Å². The Hall–Kier alpha value is -1.60. The first-order valence-electron chi connectivity index (χ1n) is 5.99. The Kier molecular flexibility index (Phi) is 3.39. The summed E-state index contributed by atoms with van der Waals surface area (Å²) in [6, 6.07) is 15.4. The van der Waals surface area contributed by atoms with Gasteiger partial charge >= 0.3 is 0 Å². The van der Waals surface area contributed by atoms with Gasteiger partial charge in [-0.1, -0.05) is 24.3 Å². The SMILES string of the molecule is CS(O)(O)Nc1ccccc1-c1nc2ccccc2s1. The van der Waals surface area contributed by atoms with E-state index in [4.69, 9.17) is 0 Å². The van der Waals surface area contributed by atoms with E-state index < -0.39 is 10.8 Å². The van der Waals surface area contributed by atoms with Crippen LogP contribution in [0.2, 0.25) is 0 Å². The lowest BCUT2D eigenvalue weighted by atomic mass is 10.2. The summed E-state index contributed by atoms with van der Waals surface area (Å²) in [5.41, 5.74) is 2.50. The summed E-state index contributed by atoms with van der Waals surface area (Å²) < 4.78 is 23.1. The minimum Gasteiger partial charge on any atom is -0.284 e. The summed E-state index contributed by atoms with van der Waals surface area (Å²) in [5, 5.41) is 0.859. The third kappa shape index (κ3) is 2.78. The largest absolute Gasteiger partial charge is 0.284 e. The Morgan fingerprint density at radius 3 is 2.50 bits per heavy atom. The van der Waals surface area contributed by atoms with Crippen molar-refractivity contribution in [2.75, 3.05) is 11.0 Å². The van der Waals surface area contributed by atoms with Crippen molar-refractivity contribution < 1.29 is 9.11 Å². The highest BCUT2D eigenvalue weighted by Crippen LogP contribution is 2.40. The van der Waals surface area contributed by atoms with Crippen LogP contribution in [-0.2, 0) is 0 Å². The fourth-order valence-corrected chi connectivity index (χ4v) is 3.55. The Labute approximate surface area is 122 Å². The molecule has 6 heteroatoms. The number of anilines is 1. The normalized spacial score (nSPS) is 12.6. The maximum atomic E-state index is 9.59. The molecule has 1 heterocycles. The van der Waals surface area contributed by atoms with Crippen LogP contribution in [-0.4, -0.2) is 20.3 Å². The second-order valence-electron chi connectivity index (χ2n) is 4.47. The molecule has 1 aromatic heterocycles. The van der Waals surface area contributed by atoms with Crippen LogP contribution >= 0.6 is 22.1 Å². The highest BCUT2D eigenvalue weighted by atomic mass is 32.3. The predicted octanol–water partition coefficient (Wildman–Crippen LogP) is 4.67. The third-order valence-corrected chi connectivity index (χ3v) is 4.43. The molecule has 0 spiro atoms. The summed E-state index contributed by atoms with van der Waals surface area (Å²) in [6.07, 6.45) is 1.36. The molecule has 0 bridgehead atoms. The molecule has 3 aromatic rings. The molecule has 20 heavy (non-hydrogen) atoms. The van der Waals surface area contributed by atoms with Crippen molar-refractivity contribution in [3.05, 3.63) is 48.5 Å². The fraction of sp³-hybridized carbons (Fsp3) is 0.0714. The number of hydrogen-bond donors (Lipinski definition) is 3. The summed E-state index contributed by atoms with van der Waals surface area (Å²) >= 11 is 1.59. The Morgan fingerprint density at radius 2 is 1.75 bits per heavy atom. The molecule has 0 aliphatic rings. The number of rotatable bonds is 3.